The predicted molar refractivity (Wildman–Crippen MR) is 88.6 cm³/mol. The lowest BCUT2D eigenvalue weighted by atomic mass is 10.3. The highest BCUT2D eigenvalue weighted by Gasteiger charge is 2.20. The molecule has 23 heavy (non-hydrogen) atoms. The summed E-state index contributed by atoms with van der Waals surface area (Å²) in [5.74, 6) is -0.838. The molecule has 5 nitrogen and oxygen atoms in total. The van der Waals surface area contributed by atoms with E-state index in [1.165, 1.54) is 29.2 Å². The molecule has 0 saturated carbocycles. The van der Waals surface area contributed by atoms with Crippen molar-refractivity contribution in [1.29, 1.82) is 0 Å². The summed E-state index contributed by atoms with van der Waals surface area (Å²) in [6, 6.07) is 11.6. The quantitative estimate of drug-likeness (QED) is 0.855. The molecule has 0 fully saturated rings. The van der Waals surface area contributed by atoms with Crippen molar-refractivity contribution in [2.45, 2.75) is 9.79 Å². The van der Waals surface area contributed by atoms with Gasteiger partial charge >= 0.3 is 0 Å². The number of amides is 1. The Balaban J connectivity index is 2.34. The highest BCUT2D eigenvalue weighted by Crippen LogP contribution is 2.30. The van der Waals surface area contributed by atoms with Gasteiger partial charge < -0.3 is 4.90 Å². The van der Waals surface area contributed by atoms with E-state index in [-0.39, 0.29) is 10.9 Å². The molecule has 0 aliphatic heterocycles. The zero-order valence-corrected chi connectivity index (χ0v) is 14.1. The van der Waals surface area contributed by atoms with Gasteiger partial charge in [-0.25, -0.2) is 12.8 Å². The van der Waals surface area contributed by atoms with Crippen molar-refractivity contribution in [3.63, 3.8) is 0 Å². The van der Waals surface area contributed by atoms with Crippen molar-refractivity contribution in [1.82, 2.24) is 4.90 Å². The molecule has 0 bridgehead atoms. The highest BCUT2D eigenvalue weighted by atomic mass is 32.2. The molecule has 0 heterocycles. The van der Waals surface area contributed by atoms with E-state index in [1.54, 1.807) is 32.3 Å². The Labute approximate surface area is 138 Å². The van der Waals surface area contributed by atoms with Crippen LogP contribution in [-0.4, -0.2) is 32.7 Å². The molecule has 0 saturated heterocycles. The second-order valence-corrected chi connectivity index (χ2v) is 7.44. The molecule has 0 aliphatic carbocycles. The number of rotatable bonds is 4. The van der Waals surface area contributed by atoms with Gasteiger partial charge in [0.2, 0.25) is 0 Å². The number of carbonyl (C=O) groups excluding carboxylic acids is 1. The summed E-state index contributed by atoms with van der Waals surface area (Å²) >= 11 is 0.885. The van der Waals surface area contributed by atoms with Crippen LogP contribution in [0.15, 0.2) is 58.3 Å². The van der Waals surface area contributed by atoms with Crippen LogP contribution in [0.5, 0.6) is 0 Å². The number of halogens is 1. The van der Waals surface area contributed by atoms with Crippen LogP contribution in [-0.2, 0) is 10.0 Å². The molecule has 0 atom stereocenters. The molecule has 0 radical (unpaired) electrons. The number of nitrogens with one attached hydrogen (secondary N) is 1. The predicted octanol–water partition coefficient (Wildman–Crippen LogP) is 3.40. The minimum atomic E-state index is -4.09. The molecule has 0 aromatic heterocycles. The lowest BCUT2D eigenvalue weighted by Crippen LogP contribution is -2.17. The van der Waals surface area contributed by atoms with E-state index in [2.05, 4.69) is 4.72 Å². The summed E-state index contributed by atoms with van der Waals surface area (Å²) in [6.45, 7) is 0. The van der Waals surface area contributed by atoms with Crippen LogP contribution in [0.4, 0.5) is 14.9 Å². The Kier molecular flexibility index (Phi) is 5.27. The number of sulfonamides is 1. The highest BCUT2D eigenvalue weighted by molar-refractivity contribution is 8.13. The summed E-state index contributed by atoms with van der Waals surface area (Å²) in [5, 5.41) is -0.248. The standard InChI is InChI=1S/C15H15FN2O3S2/c1-18(2)15(19)22-13-9-5-4-8-12(13)17-23(20,21)14-10-6-3-7-11(14)16/h3-10,17H,1-2H3. The van der Waals surface area contributed by atoms with Crippen molar-refractivity contribution in [3.05, 3.63) is 54.3 Å². The van der Waals surface area contributed by atoms with Gasteiger partial charge in [0, 0.05) is 19.0 Å². The number of thioether (sulfide) groups is 1. The van der Waals surface area contributed by atoms with E-state index < -0.39 is 20.7 Å². The Morgan fingerprint density at radius 1 is 1.09 bits per heavy atom. The lowest BCUT2D eigenvalue weighted by Gasteiger charge is -2.14. The molecule has 8 heteroatoms. The average molecular weight is 354 g/mol. The molecule has 0 aliphatic rings. The maximum Gasteiger partial charge on any atom is 0.286 e. The Morgan fingerprint density at radius 2 is 1.70 bits per heavy atom. The fourth-order valence-corrected chi connectivity index (χ4v) is 3.66. The summed E-state index contributed by atoms with van der Waals surface area (Å²) in [4.78, 5) is 13.2. The third kappa shape index (κ3) is 4.23. The monoisotopic (exact) mass is 354 g/mol. The van der Waals surface area contributed by atoms with Crippen LogP contribution in [0.2, 0.25) is 0 Å². The van der Waals surface area contributed by atoms with E-state index in [0.29, 0.717) is 4.90 Å². The van der Waals surface area contributed by atoms with Gasteiger partial charge in [0.25, 0.3) is 15.3 Å². The van der Waals surface area contributed by atoms with Crippen molar-refractivity contribution in [3.8, 4) is 0 Å². The van der Waals surface area contributed by atoms with Crippen molar-refractivity contribution >= 4 is 32.7 Å². The second-order valence-electron chi connectivity index (χ2n) is 4.79. The first kappa shape index (κ1) is 17.3. The number of carbonyl (C=O) groups is 1. The molecule has 2 rings (SSSR count). The first-order valence-corrected chi connectivity index (χ1v) is 8.87. The number of anilines is 1. The van der Waals surface area contributed by atoms with E-state index in [0.717, 1.165) is 17.8 Å². The minimum Gasteiger partial charge on any atom is -0.339 e. The van der Waals surface area contributed by atoms with Gasteiger partial charge in [-0.1, -0.05) is 24.3 Å². The molecular formula is C15H15FN2O3S2. The van der Waals surface area contributed by atoms with Crippen molar-refractivity contribution < 1.29 is 17.6 Å². The fraction of sp³-hybridized carbons (Fsp3) is 0.133. The average Bonchev–Trinajstić information content (AvgIpc) is 2.49. The summed E-state index contributed by atoms with van der Waals surface area (Å²) in [7, 11) is -0.888. The Hall–Kier alpha value is -2.06. The molecule has 122 valence electrons. The van der Waals surface area contributed by atoms with Crippen LogP contribution >= 0.6 is 11.8 Å². The molecule has 0 unspecified atom stereocenters. The third-order valence-corrected chi connectivity index (χ3v) is 5.33. The Bertz CT molecular complexity index is 823. The molecule has 2 aromatic rings. The number of para-hydroxylation sites is 1. The van der Waals surface area contributed by atoms with Crippen LogP contribution in [0.1, 0.15) is 0 Å². The first-order valence-electron chi connectivity index (χ1n) is 6.57. The maximum atomic E-state index is 13.7. The maximum absolute atomic E-state index is 13.7. The smallest absolute Gasteiger partial charge is 0.286 e. The number of nitrogens with zero attached hydrogens (tertiary/aromatic N) is 1. The van der Waals surface area contributed by atoms with Gasteiger partial charge in [-0.15, -0.1) is 0 Å². The second kappa shape index (κ2) is 7.01. The van der Waals surface area contributed by atoms with E-state index >= 15 is 0 Å². The zero-order chi connectivity index (χ0) is 17.0. The van der Waals surface area contributed by atoms with Crippen LogP contribution < -0.4 is 4.72 Å². The topological polar surface area (TPSA) is 66.5 Å². The molecule has 1 amide bonds. The minimum absolute atomic E-state index is 0.218. The van der Waals surface area contributed by atoms with Gasteiger partial charge in [0.05, 0.1) is 5.69 Å². The summed E-state index contributed by atoms with van der Waals surface area (Å²) in [6.07, 6.45) is 0. The van der Waals surface area contributed by atoms with Crippen molar-refractivity contribution in [2.75, 3.05) is 18.8 Å². The molecule has 1 N–H and O–H groups in total. The number of hydrogen-bond donors (Lipinski definition) is 1. The van der Waals surface area contributed by atoms with Crippen LogP contribution in [0, 0.1) is 5.82 Å². The van der Waals surface area contributed by atoms with E-state index in [1.807, 2.05) is 0 Å². The van der Waals surface area contributed by atoms with Crippen LogP contribution in [0.25, 0.3) is 0 Å². The molecular weight excluding hydrogens is 339 g/mol. The van der Waals surface area contributed by atoms with Gasteiger partial charge in [-0.2, -0.15) is 0 Å². The third-order valence-electron chi connectivity index (χ3n) is 2.82. The zero-order valence-electron chi connectivity index (χ0n) is 12.5. The van der Waals surface area contributed by atoms with Gasteiger partial charge in [-0.05, 0) is 36.0 Å². The van der Waals surface area contributed by atoms with Gasteiger partial charge in [0.15, 0.2) is 0 Å². The number of hydrogen-bond acceptors (Lipinski definition) is 4. The summed E-state index contributed by atoms with van der Waals surface area (Å²) in [5.41, 5.74) is 0.218. The molecule has 2 aromatic carbocycles. The Morgan fingerprint density at radius 3 is 2.35 bits per heavy atom. The van der Waals surface area contributed by atoms with Gasteiger partial charge in [0.1, 0.15) is 10.7 Å². The summed E-state index contributed by atoms with van der Waals surface area (Å²) < 4.78 is 40.7. The van der Waals surface area contributed by atoms with Crippen LogP contribution in [0.3, 0.4) is 0 Å². The van der Waals surface area contributed by atoms with Crippen molar-refractivity contribution in [2.24, 2.45) is 0 Å². The van der Waals surface area contributed by atoms with Gasteiger partial charge in [-0.3, -0.25) is 9.52 Å². The van der Waals surface area contributed by atoms with E-state index in [9.17, 15) is 17.6 Å². The first-order chi connectivity index (χ1) is 10.8. The molecule has 0 spiro atoms. The SMILES string of the molecule is CN(C)C(=O)Sc1ccccc1NS(=O)(=O)c1ccccc1F. The largest absolute Gasteiger partial charge is 0.339 e. The number of benzene rings is 2. The normalized spacial score (nSPS) is 11.1. The van der Waals surface area contributed by atoms with E-state index in [4.69, 9.17) is 0 Å². The fourth-order valence-electron chi connectivity index (χ4n) is 1.69. The lowest BCUT2D eigenvalue weighted by molar-refractivity contribution is 0.241.